The minimum absolute atomic E-state index is 0.0561. The van der Waals surface area contributed by atoms with Gasteiger partial charge in [-0.15, -0.1) is 11.3 Å². The number of halogens is 3. The van der Waals surface area contributed by atoms with Gasteiger partial charge in [0.25, 0.3) is 5.91 Å². The van der Waals surface area contributed by atoms with Crippen molar-refractivity contribution in [3.8, 4) is 10.6 Å². The number of aromatic nitrogens is 1. The monoisotopic (exact) mass is 399 g/mol. The highest BCUT2D eigenvalue weighted by atomic mass is 32.1. The Labute approximate surface area is 158 Å². The van der Waals surface area contributed by atoms with Crippen molar-refractivity contribution in [1.82, 2.24) is 15.0 Å². The Hall–Kier alpha value is -1.87. The largest absolute Gasteiger partial charge is 0.452 e. The van der Waals surface area contributed by atoms with Crippen molar-refractivity contribution in [2.24, 2.45) is 0 Å². The normalized spacial score (nSPS) is 21.3. The summed E-state index contributed by atoms with van der Waals surface area (Å²) in [6, 6.07) is 3.31. The van der Waals surface area contributed by atoms with Gasteiger partial charge < -0.3 is 9.42 Å². The van der Waals surface area contributed by atoms with Crippen molar-refractivity contribution in [1.29, 1.82) is 0 Å². The second-order valence-corrected chi connectivity index (χ2v) is 8.10. The maximum absolute atomic E-state index is 13.0. The first-order valence-corrected chi connectivity index (χ1v) is 9.86. The van der Waals surface area contributed by atoms with Crippen LogP contribution in [-0.2, 0) is 6.18 Å². The summed E-state index contributed by atoms with van der Waals surface area (Å²) in [4.78, 5) is 18.3. The van der Waals surface area contributed by atoms with E-state index in [1.54, 1.807) is 12.1 Å². The molecule has 2 aliphatic heterocycles. The molecule has 1 unspecified atom stereocenters. The van der Waals surface area contributed by atoms with E-state index in [-0.39, 0.29) is 23.3 Å². The lowest BCUT2D eigenvalue weighted by atomic mass is 10.2. The van der Waals surface area contributed by atoms with Crippen LogP contribution < -0.4 is 0 Å². The third-order valence-corrected chi connectivity index (χ3v) is 6.36. The Bertz CT molecular complexity index is 839. The molecule has 0 aliphatic carbocycles. The van der Waals surface area contributed by atoms with Crippen molar-refractivity contribution in [3.63, 3.8) is 0 Å². The van der Waals surface area contributed by atoms with Gasteiger partial charge in [0.05, 0.1) is 15.9 Å². The van der Waals surface area contributed by atoms with Gasteiger partial charge in [0.1, 0.15) is 5.69 Å². The number of likely N-dealkylation sites (tertiary alicyclic amines) is 2. The van der Waals surface area contributed by atoms with Crippen LogP contribution in [-0.4, -0.2) is 46.7 Å². The molecule has 4 heterocycles. The van der Waals surface area contributed by atoms with Crippen molar-refractivity contribution >= 4 is 17.2 Å². The minimum Gasteiger partial charge on any atom is -0.351 e. The highest BCUT2D eigenvalue weighted by Gasteiger charge is 2.39. The van der Waals surface area contributed by atoms with Gasteiger partial charge in [-0.3, -0.25) is 9.69 Å². The van der Waals surface area contributed by atoms with Gasteiger partial charge in [0.2, 0.25) is 5.76 Å². The zero-order valence-corrected chi connectivity index (χ0v) is 15.7. The summed E-state index contributed by atoms with van der Waals surface area (Å²) in [6.45, 7) is 4.08. The van der Waals surface area contributed by atoms with E-state index in [0.29, 0.717) is 16.3 Å². The molecule has 0 spiro atoms. The summed E-state index contributed by atoms with van der Waals surface area (Å²) >= 11 is 1.16. The summed E-state index contributed by atoms with van der Waals surface area (Å²) in [5.41, 5.74) is 0.0864. The molecular weight excluding hydrogens is 379 g/mol. The van der Waals surface area contributed by atoms with Crippen LogP contribution in [0.5, 0.6) is 0 Å². The van der Waals surface area contributed by atoms with Crippen LogP contribution >= 0.6 is 11.3 Å². The molecule has 1 amide bonds. The third kappa shape index (κ3) is 3.38. The highest BCUT2D eigenvalue weighted by Crippen LogP contribution is 2.38. The lowest BCUT2D eigenvalue weighted by molar-refractivity contribution is -0.156. The van der Waals surface area contributed by atoms with Gasteiger partial charge in [-0.1, -0.05) is 5.16 Å². The standard InChI is InChI=1S/C18H20F3N3O2S/c1-11-15(22-26-16(11)18(19,20)21)12-6-7-13(27-12)17(25)24-10-4-5-14(24)23-8-2-3-9-23/h6-7,14H,2-5,8-10H2,1H3. The Morgan fingerprint density at radius 3 is 2.63 bits per heavy atom. The van der Waals surface area contributed by atoms with Gasteiger partial charge >= 0.3 is 6.18 Å². The number of nitrogens with zero attached hydrogens (tertiary/aromatic N) is 3. The molecule has 146 valence electrons. The van der Waals surface area contributed by atoms with Crippen molar-refractivity contribution < 1.29 is 22.5 Å². The fourth-order valence-electron chi connectivity index (χ4n) is 3.96. The van der Waals surface area contributed by atoms with Gasteiger partial charge in [0.15, 0.2) is 0 Å². The van der Waals surface area contributed by atoms with Crippen molar-refractivity contribution in [2.45, 2.75) is 44.9 Å². The second kappa shape index (κ2) is 6.94. The fourth-order valence-corrected chi connectivity index (χ4v) is 4.96. The van der Waals surface area contributed by atoms with Crippen LogP contribution in [0.15, 0.2) is 16.7 Å². The van der Waals surface area contributed by atoms with E-state index < -0.39 is 11.9 Å². The molecule has 2 saturated heterocycles. The molecule has 0 N–H and O–H groups in total. The van der Waals surface area contributed by atoms with E-state index in [9.17, 15) is 18.0 Å². The first kappa shape index (κ1) is 18.5. The Kier molecular flexibility index (Phi) is 4.75. The number of alkyl halides is 3. The summed E-state index contributed by atoms with van der Waals surface area (Å²) in [7, 11) is 0. The van der Waals surface area contributed by atoms with E-state index in [4.69, 9.17) is 0 Å². The molecule has 4 rings (SSSR count). The summed E-state index contributed by atoms with van der Waals surface area (Å²) < 4.78 is 43.2. The van der Waals surface area contributed by atoms with Crippen LogP contribution in [0, 0.1) is 6.92 Å². The van der Waals surface area contributed by atoms with Crippen LogP contribution in [0.4, 0.5) is 13.2 Å². The first-order valence-electron chi connectivity index (χ1n) is 9.05. The first-order chi connectivity index (χ1) is 12.9. The molecule has 27 heavy (non-hydrogen) atoms. The van der Waals surface area contributed by atoms with Crippen LogP contribution in [0.25, 0.3) is 10.6 Å². The quantitative estimate of drug-likeness (QED) is 0.768. The van der Waals surface area contributed by atoms with E-state index >= 15 is 0 Å². The molecule has 0 radical (unpaired) electrons. The van der Waals surface area contributed by atoms with Gasteiger partial charge in [0, 0.05) is 25.2 Å². The summed E-state index contributed by atoms with van der Waals surface area (Å²) in [6.07, 6.45) is -0.173. The van der Waals surface area contributed by atoms with Crippen molar-refractivity contribution in [2.75, 3.05) is 19.6 Å². The SMILES string of the molecule is Cc1c(-c2ccc(C(=O)N3CCCC3N3CCCC3)s2)noc1C(F)(F)F. The lowest BCUT2D eigenvalue weighted by Gasteiger charge is -2.31. The predicted octanol–water partition coefficient (Wildman–Crippen LogP) is 4.39. The van der Waals surface area contributed by atoms with E-state index in [2.05, 4.69) is 14.6 Å². The Morgan fingerprint density at radius 2 is 1.96 bits per heavy atom. The molecule has 0 aromatic carbocycles. The van der Waals surface area contributed by atoms with Gasteiger partial charge in [-0.2, -0.15) is 13.2 Å². The molecule has 2 aromatic rings. The number of rotatable bonds is 3. The molecular formula is C18H20F3N3O2S. The van der Waals surface area contributed by atoms with Crippen molar-refractivity contribution in [3.05, 3.63) is 28.3 Å². The molecule has 2 aliphatic rings. The van der Waals surface area contributed by atoms with Crippen LogP contribution in [0.3, 0.4) is 0 Å². The number of hydrogen-bond acceptors (Lipinski definition) is 5. The number of amides is 1. The zero-order chi connectivity index (χ0) is 19.2. The lowest BCUT2D eigenvalue weighted by Crippen LogP contribution is -2.45. The van der Waals surface area contributed by atoms with Crippen LogP contribution in [0.1, 0.15) is 46.7 Å². The number of thiophene rings is 1. The number of carbonyl (C=O) groups is 1. The topological polar surface area (TPSA) is 49.6 Å². The predicted molar refractivity (Wildman–Crippen MR) is 94.4 cm³/mol. The molecule has 9 heteroatoms. The molecule has 0 saturated carbocycles. The molecule has 1 atom stereocenters. The van der Waals surface area contributed by atoms with E-state index in [1.165, 1.54) is 6.92 Å². The average Bonchev–Trinajstić information content (AvgIpc) is 3.37. The minimum atomic E-state index is -4.58. The second-order valence-electron chi connectivity index (χ2n) is 7.01. The maximum Gasteiger partial charge on any atom is 0.452 e. The molecule has 5 nitrogen and oxygen atoms in total. The van der Waals surface area contributed by atoms with E-state index in [1.807, 2.05) is 4.90 Å². The van der Waals surface area contributed by atoms with Gasteiger partial charge in [-0.05, 0) is 44.7 Å². The Balaban J connectivity index is 1.56. The maximum atomic E-state index is 13.0. The molecule has 2 fully saturated rings. The molecule has 0 bridgehead atoms. The third-order valence-electron chi connectivity index (χ3n) is 5.28. The zero-order valence-electron chi connectivity index (χ0n) is 14.9. The molecule has 2 aromatic heterocycles. The number of carbonyl (C=O) groups excluding carboxylic acids is 1. The summed E-state index contributed by atoms with van der Waals surface area (Å²) in [5.74, 6) is -1.15. The van der Waals surface area contributed by atoms with E-state index in [0.717, 1.165) is 50.1 Å². The van der Waals surface area contributed by atoms with Crippen LogP contribution in [0.2, 0.25) is 0 Å². The number of hydrogen-bond donors (Lipinski definition) is 0. The van der Waals surface area contributed by atoms with Gasteiger partial charge in [-0.25, -0.2) is 0 Å². The Morgan fingerprint density at radius 1 is 1.22 bits per heavy atom. The summed E-state index contributed by atoms with van der Waals surface area (Å²) in [5, 5.41) is 3.58. The highest BCUT2D eigenvalue weighted by molar-refractivity contribution is 7.17. The average molecular weight is 399 g/mol. The fraction of sp³-hybridized carbons (Fsp3) is 0.556. The smallest absolute Gasteiger partial charge is 0.351 e.